The largest absolute Gasteiger partial charge is 0.495 e. The van der Waals surface area contributed by atoms with Crippen molar-refractivity contribution in [3.8, 4) is 5.75 Å². The van der Waals surface area contributed by atoms with E-state index in [0.717, 1.165) is 29.7 Å². The quantitative estimate of drug-likeness (QED) is 0.351. The van der Waals surface area contributed by atoms with Crippen LogP contribution in [0.4, 0.5) is 11.4 Å². The van der Waals surface area contributed by atoms with Crippen molar-refractivity contribution < 1.29 is 17.9 Å². The second-order valence-corrected chi connectivity index (χ2v) is 9.95. The van der Waals surface area contributed by atoms with Gasteiger partial charge in [0.2, 0.25) is 0 Å². The fraction of sp³-hybridized carbons (Fsp3) is 0.200. The zero-order valence-electron chi connectivity index (χ0n) is 18.5. The van der Waals surface area contributed by atoms with E-state index in [9.17, 15) is 13.2 Å². The number of methoxy groups -OCH3 is 1. The summed E-state index contributed by atoms with van der Waals surface area (Å²) in [4.78, 5) is 20.8. The van der Waals surface area contributed by atoms with Crippen LogP contribution in [0.3, 0.4) is 0 Å². The Labute approximate surface area is 197 Å². The second-order valence-electron chi connectivity index (χ2n) is 8.27. The minimum Gasteiger partial charge on any atom is -0.495 e. The number of imidazole rings is 1. The third-order valence-corrected chi connectivity index (χ3v) is 7.41. The van der Waals surface area contributed by atoms with Crippen LogP contribution in [0.1, 0.15) is 41.4 Å². The van der Waals surface area contributed by atoms with Crippen molar-refractivity contribution in [1.82, 2.24) is 9.97 Å². The lowest BCUT2D eigenvalue weighted by Crippen LogP contribution is -2.15. The van der Waals surface area contributed by atoms with Gasteiger partial charge in [-0.1, -0.05) is 18.6 Å². The molecule has 1 saturated carbocycles. The number of benzene rings is 3. The first-order valence-corrected chi connectivity index (χ1v) is 12.5. The molecule has 3 aromatic carbocycles. The SMILES string of the molecule is COc1ccccc1NS(=O)(=O)c1ccc(C(=O)Nc2ccc3nc(C4CCC4)[nH]c3c2)cc1. The molecule has 1 aliphatic rings. The average Bonchev–Trinajstić information content (AvgIpc) is 3.20. The van der Waals surface area contributed by atoms with Gasteiger partial charge in [-0.2, -0.15) is 0 Å². The lowest BCUT2D eigenvalue weighted by Gasteiger charge is -2.22. The smallest absolute Gasteiger partial charge is 0.262 e. The Morgan fingerprint density at radius 3 is 2.53 bits per heavy atom. The van der Waals surface area contributed by atoms with Gasteiger partial charge in [0, 0.05) is 17.2 Å². The number of aromatic nitrogens is 2. The molecule has 0 bridgehead atoms. The maximum Gasteiger partial charge on any atom is 0.262 e. The molecule has 8 nitrogen and oxygen atoms in total. The van der Waals surface area contributed by atoms with Crippen molar-refractivity contribution in [1.29, 1.82) is 0 Å². The molecule has 34 heavy (non-hydrogen) atoms. The predicted molar refractivity (Wildman–Crippen MR) is 131 cm³/mol. The van der Waals surface area contributed by atoms with Gasteiger partial charge in [-0.15, -0.1) is 0 Å². The standard InChI is InChI=1S/C25H24N4O4S/c1-33-23-8-3-2-7-21(23)29-34(31,32)19-12-9-17(10-13-19)25(30)26-18-11-14-20-22(15-18)28-24(27-20)16-5-4-6-16/h2-3,7-16,29H,4-6H2,1H3,(H,26,30)(H,27,28). The van der Waals surface area contributed by atoms with E-state index in [2.05, 4.69) is 20.0 Å². The first kappa shape index (κ1) is 22.0. The number of hydrogen-bond acceptors (Lipinski definition) is 5. The molecular formula is C25H24N4O4S. The number of carbonyl (C=O) groups excluding carboxylic acids is 1. The first-order chi connectivity index (χ1) is 16.4. The first-order valence-electron chi connectivity index (χ1n) is 11.0. The van der Waals surface area contributed by atoms with Crippen LogP contribution in [0.15, 0.2) is 71.6 Å². The highest BCUT2D eigenvalue weighted by molar-refractivity contribution is 7.92. The van der Waals surface area contributed by atoms with E-state index in [4.69, 9.17) is 4.74 Å². The molecule has 1 heterocycles. The van der Waals surface area contributed by atoms with Gasteiger partial charge in [-0.25, -0.2) is 13.4 Å². The third kappa shape index (κ3) is 4.34. The van der Waals surface area contributed by atoms with Gasteiger partial charge in [-0.05, 0) is 67.4 Å². The molecule has 1 amide bonds. The normalized spacial score (nSPS) is 13.9. The molecule has 5 rings (SSSR count). The lowest BCUT2D eigenvalue weighted by molar-refractivity contribution is 0.102. The molecule has 174 valence electrons. The van der Waals surface area contributed by atoms with Crippen molar-refractivity contribution in [2.24, 2.45) is 0 Å². The van der Waals surface area contributed by atoms with Crippen molar-refractivity contribution in [2.45, 2.75) is 30.1 Å². The number of carbonyl (C=O) groups is 1. The summed E-state index contributed by atoms with van der Waals surface area (Å²) in [6.45, 7) is 0. The van der Waals surface area contributed by atoms with E-state index < -0.39 is 10.0 Å². The summed E-state index contributed by atoms with van der Waals surface area (Å²) in [5.74, 6) is 1.58. The fourth-order valence-corrected chi connectivity index (χ4v) is 4.97. The van der Waals surface area contributed by atoms with E-state index in [-0.39, 0.29) is 10.8 Å². The minimum absolute atomic E-state index is 0.0392. The van der Waals surface area contributed by atoms with Crippen molar-refractivity contribution in [2.75, 3.05) is 17.1 Å². The molecule has 0 unspecified atom stereocenters. The van der Waals surface area contributed by atoms with Gasteiger partial charge >= 0.3 is 0 Å². The highest BCUT2D eigenvalue weighted by Gasteiger charge is 2.23. The molecule has 0 atom stereocenters. The summed E-state index contributed by atoms with van der Waals surface area (Å²) in [5, 5.41) is 2.86. The van der Waals surface area contributed by atoms with Crippen LogP contribution in [-0.2, 0) is 10.0 Å². The number of hydrogen-bond donors (Lipinski definition) is 3. The van der Waals surface area contributed by atoms with E-state index in [1.807, 2.05) is 18.2 Å². The molecule has 0 radical (unpaired) electrons. The highest BCUT2D eigenvalue weighted by atomic mass is 32.2. The van der Waals surface area contributed by atoms with Crippen LogP contribution in [0, 0.1) is 0 Å². The number of rotatable bonds is 7. The van der Waals surface area contributed by atoms with Gasteiger partial charge in [0.25, 0.3) is 15.9 Å². The number of fused-ring (bicyclic) bond motifs is 1. The van der Waals surface area contributed by atoms with Crippen molar-refractivity contribution in [3.63, 3.8) is 0 Å². The van der Waals surface area contributed by atoms with Gasteiger partial charge in [0.05, 0.1) is 28.7 Å². The Morgan fingerprint density at radius 2 is 1.82 bits per heavy atom. The molecule has 1 aliphatic carbocycles. The van der Waals surface area contributed by atoms with Gasteiger partial charge in [-0.3, -0.25) is 9.52 Å². The monoisotopic (exact) mass is 476 g/mol. The number of para-hydroxylation sites is 2. The van der Waals surface area contributed by atoms with Crippen LogP contribution in [-0.4, -0.2) is 31.4 Å². The number of nitrogens with one attached hydrogen (secondary N) is 3. The Morgan fingerprint density at radius 1 is 1.06 bits per heavy atom. The Hall–Kier alpha value is -3.85. The zero-order valence-corrected chi connectivity index (χ0v) is 19.4. The number of anilines is 2. The van der Waals surface area contributed by atoms with Crippen LogP contribution in [0.2, 0.25) is 0 Å². The van der Waals surface area contributed by atoms with Crippen molar-refractivity contribution >= 4 is 38.3 Å². The number of ether oxygens (including phenoxy) is 1. The molecule has 1 aromatic heterocycles. The predicted octanol–water partition coefficient (Wildman–Crippen LogP) is 4.89. The Kier molecular flexibility index (Phi) is 5.70. The molecule has 9 heteroatoms. The van der Waals surface area contributed by atoms with E-state index in [0.29, 0.717) is 28.6 Å². The molecule has 0 aliphatic heterocycles. The van der Waals surface area contributed by atoms with Crippen LogP contribution in [0.5, 0.6) is 5.75 Å². The number of sulfonamides is 1. The van der Waals surface area contributed by atoms with Gasteiger partial charge < -0.3 is 15.0 Å². The summed E-state index contributed by atoms with van der Waals surface area (Å²) in [6.07, 6.45) is 3.55. The molecule has 3 N–H and O–H groups in total. The average molecular weight is 477 g/mol. The molecule has 4 aromatic rings. The summed E-state index contributed by atoms with van der Waals surface area (Å²) in [7, 11) is -2.38. The topological polar surface area (TPSA) is 113 Å². The fourth-order valence-electron chi connectivity index (χ4n) is 3.90. The van der Waals surface area contributed by atoms with Crippen molar-refractivity contribution in [3.05, 3.63) is 78.1 Å². The number of amides is 1. The van der Waals surface area contributed by atoms with Crippen LogP contribution < -0.4 is 14.8 Å². The maximum absolute atomic E-state index is 12.8. The maximum atomic E-state index is 12.8. The summed E-state index contributed by atoms with van der Waals surface area (Å²) in [5.41, 5.74) is 3.06. The molecular weight excluding hydrogens is 452 g/mol. The summed E-state index contributed by atoms with van der Waals surface area (Å²) < 4.78 is 33.2. The number of aromatic amines is 1. The van der Waals surface area contributed by atoms with Gasteiger partial charge in [0.1, 0.15) is 11.6 Å². The zero-order chi connectivity index (χ0) is 23.7. The van der Waals surface area contributed by atoms with E-state index >= 15 is 0 Å². The second kappa shape index (κ2) is 8.83. The highest BCUT2D eigenvalue weighted by Crippen LogP contribution is 2.35. The molecule has 0 saturated heterocycles. The van der Waals surface area contributed by atoms with Gasteiger partial charge in [0.15, 0.2) is 0 Å². The third-order valence-electron chi connectivity index (χ3n) is 6.03. The molecule has 1 fully saturated rings. The van der Waals surface area contributed by atoms with E-state index in [1.54, 1.807) is 24.3 Å². The summed E-state index contributed by atoms with van der Waals surface area (Å²) >= 11 is 0. The minimum atomic E-state index is -3.85. The lowest BCUT2D eigenvalue weighted by atomic mass is 9.85. The van der Waals surface area contributed by atoms with Crippen LogP contribution in [0.25, 0.3) is 11.0 Å². The number of nitrogens with zero attached hydrogens (tertiary/aromatic N) is 1. The number of H-pyrrole nitrogens is 1. The summed E-state index contributed by atoms with van der Waals surface area (Å²) in [6, 6.07) is 18.0. The Balaban J connectivity index is 1.29. The van der Waals surface area contributed by atoms with Crippen LogP contribution >= 0.6 is 0 Å². The molecule has 0 spiro atoms. The Bertz CT molecular complexity index is 1460. The van der Waals surface area contributed by atoms with E-state index in [1.165, 1.54) is 37.8 Å².